The third kappa shape index (κ3) is 2.52. The quantitative estimate of drug-likeness (QED) is 0.902. The van der Waals surface area contributed by atoms with E-state index in [-0.39, 0.29) is 16.2 Å². The maximum Gasteiger partial charge on any atom is 0.240 e. The Morgan fingerprint density at radius 3 is 2.28 bits per heavy atom. The first-order valence-corrected chi connectivity index (χ1v) is 6.37. The third-order valence-electron chi connectivity index (χ3n) is 2.21. The van der Waals surface area contributed by atoms with Gasteiger partial charge >= 0.3 is 0 Å². The fraction of sp³-hybridized carbons (Fsp3) is 0. The second kappa shape index (κ2) is 4.43. The number of hydrogen-bond acceptors (Lipinski definition) is 3. The highest BCUT2D eigenvalue weighted by Gasteiger charge is 2.17. The van der Waals surface area contributed by atoms with Crippen molar-refractivity contribution < 1.29 is 17.2 Å². The number of nitrogens with zero attached hydrogens (tertiary/aromatic N) is 1. The molecule has 0 radical (unpaired) electrons. The first-order chi connectivity index (χ1) is 8.38. The maximum atomic E-state index is 13.1. The van der Waals surface area contributed by atoms with E-state index in [1.165, 1.54) is 18.3 Å². The highest BCUT2D eigenvalue weighted by Crippen LogP contribution is 2.25. The van der Waals surface area contributed by atoms with Crippen molar-refractivity contribution in [1.29, 1.82) is 0 Å². The largest absolute Gasteiger partial charge is 0.255 e. The monoisotopic (exact) mass is 270 g/mol. The van der Waals surface area contributed by atoms with Gasteiger partial charge in [-0.1, -0.05) is 0 Å². The molecule has 2 N–H and O–H groups in total. The number of benzene rings is 1. The predicted octanol–water partition coefficient (Wildman–Crippen LogP) is 1.67. The minimum atomic E-state index is -4.01. The van der Waals surface area contributed by atoms with Crippen molar-refractivity contribution in [3.63, 3.8) is 0 Å². The van der Waals surface area contributed by atoms with Crippen LogP contribution in [0.3, 0.4) is 0 Å². The average molecular weight is 270 g/mol. The summed E-state index contributed by atoms with van der Waals surface area (Å²) in [5, 5.41) is 5.02. The number of sulfonamides is 1. The van der Waals surface area contributed by atoms with Crippen molar-refractivity contribution in [2.24, 2.45) is 5.14 Å². The van der Waals surface area contributed by atoms with Crippen LogP contribution in [0.1, 0.15) is 0 Å². The molecule has 18 heavy (non-hydrogen) atoms. The van der Waals surface area contributed by atoms with Crippen molar-refractivity contribution in [1.82, 2.24) is 4.98 Å². The summed E-state index contributed by atoms with van der Waals surface area (Å²) in [7, 11) is -4.01. The number of halogens is 2. The highest BCUT2D eigenvalue weighted by molar-refractivity contribution is 7.89. The van der Waals surface area contributed by atoms with E-state index in [2.05, 4.69) is 4.98 Å². The molecule has 0 aliphatic carbocycles. The standard InChI is InChI=1S/C11H8F2N2O2S/c12-8-4-7(5-9(13)6-8)11-10(18(14,16)17)2-1-3-15-11/h1-6H,(H2,14,16,17). The summed E-state index contributed by atoms with van der Waals surface area (Å²) >= 11 is 0. The van der Waals surface area contributed by atoms with Crippen molar-refractivity contribution >= 4 is 10.0 Å². The number of rotatable bonds is 2. The van der Waals surface area contributed by atoms with E-state index in [1.807, 2.05) is 0 Å². The minimum Gasteiger partial charge on any atom is -0.255 e. The lowest BCUT2D eigenvalue weighted by Crippen LogP contribution is -2.14. The minimum absolute atomic E-state index is 0.0112. The second-order valence-electron chi connectivity index (χ2n) is 3.55. The van der Waals surface area contributed by atoms with Gasteiger partial charge in [0.2, 0.25) is 10.0 Å². The van der Waals surface area contributed by atoms with E-state index in [0.717, 1.165) is 12.1 Å². The van der Waals surface area contributed by atoms with Gasteiger partial charge in [-0.15, -0.1) is 0 Å². The normalized spacial score (nSPS) is 11.5. The maximum absolute atomic E-state index is 13.1. The Morgan fingerprint density at radius 2 is 1.72 bits per heavy atom. The van der Waals surface area contributed by atoms with Crippen LogP contribution < -0.4 is 5.14 Å². The van der Waals surface area contributed by atoms with Crippen LogP contribution in [-0.2, 0) is 10.0 Å². The van der Waals surface area contributed by atoms with Crippen LogP contribution in [0.4, 0.5) is 8.78 Å². The van der Waals surface area contributed by atoms with Crippen LogP contribution in [0.5, 0.6) is 0 Å². The van der Waals surface area contributed by atoms with Crippen LogP contribution in [0, 0.1) is 11.6 Å². The van der Waals surface area contributed by atoms with Gasteiger partial charge in [0.15, 0.2) is 0 Å². The molecule has 0 saturated carbocycles. The molecule has 2 aromatic rings. The summed E-state index contributed by atoms with van der Waals surface area (Å²) in [6, 6.07) is 5.25. The Bertz CT molecular complexity index is 682. The number of primary sulfonamides is 1. The molecule has 0 aliphatic rings. The Kier molecular flexibility index (Phi) is 3.10. The molecule has 0 saturated heterocycles. The van der Waals surface area contributed by atoms with Crippen LogP contribution in [-0.4, -0.2) is 13.4 Å². The van der Waals surface area contributed by atoms with Gasteiger partial charge in [0.25, 0.3) is 0 Å². The topological polar surface area (TPSA) is 73.1 Å². The van der Waals surface area contributed by atoms with Gasteiger partial charge in [0.1, 0.15) is 16.5 Å². The molecule has 0 unspecified atom stereocenters. The van der Waals surface area contributed by atoms with Gasteiger partial charge in [-0.3, -0.25) is 4.98 Å². The zero-order valence-electron chi connectivity index (χ0n) is 8.97. The zero-order chi connectivity index (χ0) is 13.3. The smallest absolute Gasteiger partial charge is 0.240 e. The third-order valence-corrected chi connectivity index (χ3v) is 3.16. The summed E-state index contributed by atoms with van der Waals surface area (Å²) in [6.45, 7) is 0. The molecule has 1 heterocycles. The van der Waals surface area contributed by atoms with Gasteiger partial charge < -0.3 is 0 Å². The molecular weight excluding hydrogens is 262 g/mol. The predicted molar refractivity (Wildman–Crippen MR) is 61.0 cm³/mol. The fourth-order valence-corrected chi connectivity index (χ4v) is 2.24. The molecule has 0 aliphatic heterocycles. The van der Waals surface area contributed by atoms with Crippen molar-refractivity contribution in [2.45, 2.75) is 4.90 Å². The van der Waals surface area contributed by atoms with E-state index >= 15 is 0 Å². The van der Waals surface area contributed by atoms with E-state index in [0.29, 0.717) is 6.07 Å². The molecule has 1 aromatic carbocycles. The first-order valence-electron chi connectivity index (χ1n) is 4.82. The SMILES string of the molecule is NS(=O)(=O)c1cccnc1-c1cc(F)cc(F)c1. The van der Waals surface area contributed by atoms with Gasteiger partial charge in [-0.25, -0.2) is 22.3 Å². The Balaban J connectivity index is 2.72. The Labute approximate surface area is 102 Å². The zero-order valence-corrected chi connectivity index (χ0v) is 9.79. The van der Waals surface area contributed by atoms with Gasteiger partial charge in [0, 0.05) is 17.8 Å². The molecule has 0 amide bonds. The van der Waals surface area contributed by atoms with Crippen LogP contribution in [0.15, 0.2) is 41.4 Å². The van der Waals surface area contributed by atoms with E-state index in [1.54, 1.807) is 0 Å². The molecule has 94 valence electrons. The number of nitrogens with two attached hydrogens (primary N) is 1. The van der Waals surface area contributed by atoms with E-state index in [4.69, 9.17) is 5.14 Å². The molecule has 2 rings (SSSR count). The molecule has 7 heteroatoms. The van der Waals surface area contributed by atoms with Crippen molar-refractivity contribution in [3.05, 3.63) is 48.2 Å². The summed E-state index contributed by atoms with van der Waals surface area (Å²) in [5.74, 6) is -1.65. The average Bonchev–Trinajstić information content (AvgIpc) is 2.26. The molecule has 4 nitrogen and oxygen atoms in total. The lowest BCUT2D eigenvalue weighted by molar-refractivity contribution is 0.583. The second-order valence-corrected chi connectivity index (χ2v) is 5.08. The molecule has 1 aromatic heterocycles. The first kappa shape index (κ1) is 12.6. The van der Waals surface area contributed by atoms with Crippen LogP contribution in [0.2, 0.25) is 0 Å². The number of aromatic nitrogens is 1. The molecule has 0 bridgehead atoms. The lowest BCUT2D eigenvalue weighted by Gasteiger charge is -2.06. The molecule has 0 fully saturated rings. The summed E-state index contributed by atoms with van der Waals surface area (Å²) < 4.78 is 48.9. The van der Waals surface area contributed by atoms with Gasteiger partial charge in [0.05, 0.1) is 5.69 Å². The number of hydrogen-bond donors (Lipinski definition) is 1. The molecule has 0 atom stereocenters. The highest BCUT2D eigenvalue weighted by atomic mass is 32.2. The van der Waals surface area contributed by atoms with E-state index < -0.39 is 21.7 Å². The number of pyridine rings is 1. The Hall–Kier alpha value is -1.86. The summed E-state index contributed by atoms with van der Waals surface area (Å²) in [4.78, 5) is 3.52. The lowest BCUT2D eigenvalue weighted by atomic mass is 10.1. The fourth-order valence-electron chi connectivity index (χ4n) is 1.53. The van der Waals surface area contributed by atoms with Crippen molar-refractivity contribution in [3.8, 4) is 11.3 Å². The van der Waals surface area contributed by atoms with Gasteiger partial charge in [-0.05, 0) is 24.3 Å². The summed E-state index contributed by atoms with van der Waals surface area (Å²) in [6.07, 6.45) is 1.31. The Morgan fingerprint density at radius 1 is 1.11 bits per heavy atom. The van der Waals surface area contributed by atoms with Crippen molar-refractivity contribution in [2.75, 3.05) is 0 Å². The van der Waals surface area contributed by atoms with Crippen LogP contribution >= 0.6 is 0 Å². The molecular formula is C11H8F2N2O2S. The van der Waals surface area contributed by atoms with Crippen LogP contribution in [0.25, 0.3) is 11.3 Å². The molecule has 0 spiro atoms. The van der Waals surface area contributed by atoms with Gasteiger partial charge in [-0.2, -0.15) is 0 Å². The summed E-state index contributed by atoms with van der Waals surface area (Å²) in [5.41, 5.74) is -0.0736. The van der Waals surface area contributed by atoms with E-state index in [9.17, 15) is 17.2 Å².